The summed E-state index contributed by atoms with van der Waals surface area (Å²) in [4.78, 5) is 12.5. The normalized spacial score (nSPS) is 17.4. The molecule has 0 aliphatic heterocycles. The van der Waals surface area contributed by atoms with E-state index in [1.165, 1.54) is 0 Å². The molecule has 1 aromatic carbocycles. The van der Waals surface area contributed by atoms with E-state index in [4.69, 9.17) is 0 Å². The van der Waals surface area contributed by atoms with Gasteiger partial charge in [-0.1, -0.05) is 57.2 Å². The van der Waals surface area contributed by atoms with E-state index in [0.717, 1.165) is 42.5 Å². The van der Waals surface area contributed by atoms with Crippen LogP contribution in [0.5, 0.6) is 0 Å². The van der Waals surface area contributed by atoms with Crippen LogP contribution in [0, 0.1) is 11.3 Å². The third-order valence-corrected chi connectivity index (χ3v) is 4.78. The summed E-state index contributed by atoms with van der Waals surface area (Å²) in [5, 5.41) is 11.3. The fraction of sp³-hybridized carbons (Fsp3) is 0.409. The van der Waals surface area contributed by atoms with Gasteiger partial charge < -0.3 is 0 Å². The molecule has 0 fully saturated rings. The maximum Gasteiger partial charge on any atom is 0.292 e. The zero-order valence-electron chi connectivity index (χ0n) is 16.3. The van der Waals surface area contributed by atoms with Crippen molar-refractivity contribution in [3.8, 4) is 0 Å². The van der Waals surface area contributed by atoms with Crippen LogP contribution < -0.4 is 5.43 Å². The summed E-state index contributed by atoms with van der Waals surface area (Å²) in [5.41, 5.74) is 6.59. The highest BCUT2D eigenvalue weighted by Gasteiger charge is 2.28. The van der Waals surface area contributed by atoms with E-state index in [9.17, 15) is 4.79 Å². The Kier molecular flexibility index (Phi) is 5.89. The van der Waals surface area contributed by atoms with E-state index < -0.39 is 0 Å². The summed E-state index contributed by atoms with van der Waals surface area (Å²) < 4.78 is 0. The molecule has 1 atom stereocenters. The van der Waals surface area contributed by atoms with Crippen molar-refractivity contribution in [2.45, 2.75) is 46.5 Å². The number of aryl methyl sites for hydroxylation is 1. The van der Waals surface area contributed by atoms with Gasteiger partial charge in [0, 0.05) is 17.5 Å². The first-order valence-electron chi connectivity index (χ1n) is 9.53. The molecule has 5 nitrogen and oxygen atoms in total. The summed E-state index contributed by atoms with van der Waals surface area (Å²) in [6.45, 7) is 6.80. The lowest BCUT2D eigenvalue weighted by Gasteiger charge is -2.28. The van der Waals surface area contributed by atoms with Crippen LogP contribution in [-0.2, 0) is 12.8 Å². The molecular weight excluding hydrogens is 336 g/mol. The number of hydrogen-bond acceptors (Lipinski definition) is 3. The number of allylic oxidation sites excluding steroid dienone is 1. The highest BCUT2D eigenvalue weighted by atomic mass is 16.2. The number of benzene rings is 1. The monoisotopic (exact) mass is 364 g/mol. The lowest BCUT2D eigenvalue weighted by atomic mass is 9.76. The topological polar surface area (TPSA) is 70.1 Å². The van der Waals surface area contributed by atoms with Gasteiger partial charge in [0.2, 0.25) is 0 Å². The Labute approximate surface area is 161 Å². The number of H-pyrrole nitrogens is 1. The Hall–Kier alpha value is -2.69. The van der Waals surface area contributed by atoms with E-state index in [1.807, 2.05) is 36.4 Å². The quantitative estimate of drug-likeness (QED) is 0.610. The van der Waals surface area contributed by atoms with Gasteiger partial charge in [-0.3, -0.25) is 9.89 Å². The third-order valence-electron chi connectivity index (χ3n) is 4.78. The molecule has 1 aliphatic rings. The maximum atomic E-state index is 12.5. The number of nitrogens with one attached hydrogen (secondary N) is 2. The minimum atomic E-state index is -0.256. The smallest absolute Gasteiger partial charge is 0.281 e. The molecular formula is C22H28N4O. The van der Waals surface area contributed by atoms with E-state index in [1.54, 1.807) is 12.3 Å². The molecule has 3 rings (SSSR count). The zero-order valence-corrected chi connectivity index (χ0v) is 16.3. The minimum absolute atomic E-state index is 0.256. The van der Waals surface area contributed by atoms with Gasteiger partial charge in [-0.2, -0.15) is 10.2 Å². The number of hydrazone groups is 1. The van der Waals surface area contributed by atoms with Crippen molar-refractivity contribution >= 4 is 18.2 Å². The Morgan fingerprint density at radius 2 is 2.11 bits per heavy atom. The first-order chi connectivity index (χ1) is 12.9. The van der Waals surface area contributed by atoms with Gasteiger partial charge in [0.05, 0.1) is 0 Å². The van der Waals surface area contributed by atoms with Crippen LogP contribution >= 0.6 is 0 Å². The molecule has 142 valence electrons. The average molecular weight is 364 g/mol. The van der Waals surface area contributed by atoms with E-state index in [-0.39, 0.29) is 5.91 Å². The second-order valence-electron chi connectivity index (χ2n) is 8.39. The zero-order chi connectivity index (χ0) is 19.3. The molecule has 1 amide bonds. The van der Waals surface area contributed by atoms with Crippen LogP contribution in [0.25, 0.3) is 6.08 Å². The Morgan fingerprint density at radius 3 is 2.85 bits per heavy atom. The number of nitrogens with zero attached hydrogens (tertiary/aromatic N) is 2. The van der Waals surface area contributed by atoms with Gasteiger partial charge in [0.25, 0.3) is 5.91 Å². The van der Waals surface area contributed by atoms with E-state index >= 15 is 0 Å². The van der Waals surface area contributed by atoms with Crippen LogP contribution in [-0.4, -0.2) is 22.3 Å². The Morgan fingerprint density at radius 1 is 1.33 bits per heavy atom. The summed E-state index contributed by atoms with van der Waals surface area (Å²) in [6.07, 6.45) is 9.48. The van der Waals surface area contributed by atoms with Crippen LogP contribution in [0.15, 0.2) is 41.5 Å². The molecule has 1 aromatic heterocycles. The summed E-state index contributed by atoms with van der Waals surface area (Å²) in [5.74, 6) is 0.340. The standard InChI is InChI=1S/C22H28N4O/c1-22(2,3)15-17-11-12-19-18(14-17)20(25-24-19)21(27)26-23-13-7-10-16-8-5-4-6-9-16/h4-10,13,17H,11-12,14-15H2,1-3H3,(H,24,25)(H,26,27)/b10-7+,23-13+. The predicted octanol–water partition coefficient (Wildman–Crippen LogP) is 4.38. The SMILES string of the molecule is CC(C)(C)CC1CCc2[nH]nc(C(=O)N/N=C/C=C/c3ccccc3)c2C1. The Bertz CT molecular complexity index is 828. The first kappa shape index (κ1) is 19.1. The van der Waals surface area contributed by atoms with E-state index in [2.05, 4.69) is 41.5 Å². The highest BCUT2D eigenvalue weighted by molar-refractivity contribution is 5.94. The van der Waals surface area contributed by atoms with Crippen molar-refractivity contribution < 1.29 is 4.79 Å². The van der Waals surface area contributed by atoms with E-state index in [0.29, 0.717) is 17.0 Å². The van der Waals surface area contributed by atoms with Gasteiger partial charge in [-0.25, -0.2) is 5.43 Å². The predicted molar refractivity (Wildman–Crippen MR) is 110 cm³/mol. The molecule has 0 saturated carbocycles. The number of amides is 1. The lowest BCUT2D eigenvalue weighted by Crippen LogP contribution is -2.24. The van der Waals surface area contributed by atoms with Crippen molar-refractivity contribution in [3.05, 3.63) is 58.9 Å². The van der Waals surface area contributed by atoms with Gasteiger partial charge in [0.1, 0.15) is 0 Å². The van der Waals surface area contributed by atoms with Crippen LogP contribution in [0.4, 0.5) is 0 Å². The number of hydrogen-bond donors (Lipinski definition) is 2. The molecule has 1 heterocycles. The number of aromatic nitrogens is 2. The van der Waals surface area contributed by atoms with Gasteiger partial charge in [-0.15, -0.1) is 0 Å². The Balaban J connectivity index is 1.59. The second-order valence-corrected chi connectivity index (χ2v) is 8.39. The molecule has 5 heteroatoms. The molecule has 1 unspecified atom stereocenters. The molecule has 0 bridgehead atoms. The third kappa shape index (κ3) is 5.39. The second kappa shape index (κ2) is 8.33. The average Bonchev–Trinajstić information content (AvgIpc) is 3.04. The number of carbonyl (C=O) groups is 1. The fourth-order valence-electron chi connectivity index (χ4n) is 3.71. The molecule has 0 spiro atoms. The van der Waals surface area contributed by atoms with Crippen molar-refractivity contribution in [2.24, 2.45) is 16.4 Å². The van der Waals surface area contributed by atoms with Gasteiger partial charge in [-0.05, 0) is 48.7 Å². The van der Waals surface area contributed by atoms with Crippen LogP contribution in [0.3, 0.4) is 0 Å². The van der Waals surface area contributed by atoms with Gasteiger partial charge in [0.15, 0.2) is 5.69 Å². The van der Waals surface area contributed by atoms with Crippen molar-refractivity contribution in [3.63, 3.8) is 0 Å². The number of fused-ring (bicyclic) bond motifs is 1. The molecule has 0 radical (unpaired) electrons. The minimum Gasteiger partial charge on any atom is -0.281 e. The number of aromatic amines is 1. The number of carbonyl (C=O) groups excluding carboxylic acids is 1. The highest BCUT2D eigenvalue weighted by Crippen LogP contribution is 2.34. The van der Waals surface area contributed by atoms with Gasteiger partial charge >= 0.3 is 0 Å². The summed E-state index contributed by atoms with van der Waals surface area (Å²) in [7, 11) is 0. The molecule has 0 saturated heterocycles. The maximum absolute atomic E-state index is 12.5. The van der Waals surface area contributed by atoms with Crippen molar-refractivity contribution in [2.75, 3.05) is 0 Å². The molecule has 2 N–H and O–H groups in total. The molecule has 2 aromatic rings. The van der Waals surface area contributed by atoms with Crippen LogP contribution in [0.2, 0.25) is 0 Å². The fourth-order valence-corrected chi connectivity index (χ4v) is 3.71. The first-order valence-corrected chi connectivity index (χ1v) is 9.53. The van der Waals surface area contributed by atoms with Crippen molar-refractivity contribution in [1.82, 2.24) is 15.6 Å². The number of rotatable bonds is 5. The summed E-state index contributed by atoms with van der Waals surface area (Å²) in [6, 6.07) is 9.95. The van der Waals surface area contributed by atoms with Crippen molar-refractivity contribution in [1.29, 1.82) is 0 Å². The van der Waals surface area contributed by atoms with Crippen LogP contribution in [0.1, 0.15) is 60.9 Å². The lowest BCUT2D eigenvalue weighted by molar-refractivity contribution is 0.0948. The largest absolute Gasteiger partial charge is 0.292 e. The summed E-state index contributed by atoms with van der Waals surface area (Å²) >= 11 is 0. The molecule has 1 aliphatic carbocycles. The molecule has 27 heavy (non-hydrogen) atoms.